The van der Waals surface area contributed by atoms with Crippen molar-refractivity contribution >= 4 is 0 Å². The molecule has 2 saturated heterocycles. The topological polar surface area (TPSA) is 30.5 Å². The molecule has 0 aromatic carbocycles. The van der Waals surface area contributed by atoms with E-state index in [2.05, 4.69) is 5.32 Å². The van der Waals surface area contributed by atoms with Gasteiger partial charge >= 0.3 is 0 Å². The van der Waals surface area contributed by atoms with Gasteiger partial charge < -0.3 is 14.8 Å². The van der Waals surface area contributed by atoms with Gasteiger partial charge in [-0.2, -0.15) is 0 Å². The van der Waals surface area contributed by atoms with E-state index in [1.54, 1.807) is 0 Å². The molecule has 3 fully saturated rings. The number of hydrogen-bond acceptors (Lipinski definition) is 3. The van der Waals surface area contributed by atoms with Gasteiger partial charge in [-0.15, -0.1) is 0 Å². The molecule has 14 heavy (non-hydrogen) atoms. The van der Waals surface area contributed by atoms with Crippen LogP contribution in [0.2, 0.25) is 0 Å². The van der Waals surface area contributed by atoms with Crippen molar-refractivity contribution < 1.29 is 9.47 Å². The molecule has 2 aliphatic heterocycles. The van der Waals surface area contributed by atoms with E-state index < -0.39 is 0 Å². The molecule has 2 atom stereocenters. The molecular formula is C11H19NO2. The lowest BCUT2D eigenvalue weighted by atomic mass is 9.95. The van der Waals surface area contributed by atoms with E-state index >= 15 is 0 Å². The molecule has 80 valence electrons. The van der Waals surface area contributed by atoms with Gasteiger partial charge in [0.15, 0.2) is 5.79 Å². The Morgan fingerprint density at radius 1 is 0.929 bits per heavy atom. The molecule has 0 aromatic heterocycles. The summed E-state index contributed by atoms with van der Waals surface area (Å²) in [7, 11) is 0. The third kappa shape index (κ3) is 1.47. The molecule has 1 saturated carbocycles. The summed E-state index contributed by atoms with van der Waals surface area (Å²) in [5.74, 6) is -0.203. The van der Waals surface area contributed by atoms with Gasteiger partial charge in [0.05, 0.1) is 12.2 Å². The third-order valence-corrected chi connectivity index (χ3v) is 3.74. The summed E-state index contributed by atoms with van der Waals surface area (Å²) in [5, 5.41) is 3.36. The summed E-state index contributed by atoms with van der Waals surface area (Å²) >= 11 is 0. The maximum atomic E-state index is 6.13. The first kappa shape index (κ1) is 9.13. The summed E-state index contributed by atoms with van der Waals surface area (Å²) in [4.78, 5) is 0. The highest BCUT2D eigenvalue weighted by Crippen LogP contribution is 2.41. The normalized spacial score (nSPS) is 41.1. The summed E-state index contributed by atoms with van der Waals surface area (Å²) < 4.78 is 12.3. The number of fused-ring (bicyclic) bond motifs is 1. The van der Waals surface area contributed by atoms with Crippen LogP contribution < -0.4 is 5.32 Å². The molecule has 1 spiro atoms. The number of rotatable bonds is 0. The van der Waals surface area contributed by atoms with Gasteiger partial charge in [-0.1, -0.05) is 12.8 Å². The Kier molecular flexibility index (Phi) is 2.26. The smallest absolute Gasteiger partial charge is 0.171 e. The molecule has 2 heterocycles. The van der Waals surface area contributed by atoms with Gasteiger partial charge in [0, 0.05) is 25.9 Å². The van der Waals surface area contributed by atoms with Gasteiger partial charge in [0.2, 0.25) is 0 Å². The van der Waals surface area contributed by atoms with E-state index in [1.165, 1.54) is 25.7 Å². The van der Waals surface area contributed by atoms with Crippen molar-refractivity contribution in [3.63, 3.8) is 0 Å². The second-order valence-corrected chi connectivity index (χ2v) is 4.76. The van der Waals surface area contributed by atoms with E-state index in [0.29, 0.717) is 12.2 Å². The zero-order valence-electron chi connectivity index (χ0n) is 8.63. The molecule has 1 aliphatic carbocycles. The number of hydrogen-bond donors (Lipinski definition) is 1. The fourth-order valence-electron chi connectivity index (χ4n) is 2.96. The van der Waals surface area contributed by atoms with Crippen molar-refractivity contribution in [3.05, 3.63) is 0 Å². The van der Waals surface area contributed by atoms with Crippen LogP contribution in [0.25, 0.3) is 0 Å². The van der Waals surface area contributed by atoms with Crippen molar-refractivity contribution in [2.75, 3.05) is 13.1 Å². The van der Waals surface area contributed by atoms with Crippen LogP contribution >= 0.6 is 0 Å². The Morgan fingerprint density at radius 3 is 2.07 bits per heavy atom. The maximum Gasteiger partial charge on any atom is 0.171 e. The second-order valence-electron chi connectivity index (χ2n) is 4.76. The van der Waals surface area contributed by atoms with E-state index in [-0.39, 0.29) is 5.79 Å². The van der Waals surface area contributed by atoms with Crippen molar-refractivity contribution in [2.24, 2.45) is 0 Å². The van der Waals surface area contributed by atoms with Crippen LogP contribution in [0.4, 0.5) is 0 Å². The minimum Gasteiger partial charge on any atom is -0.344 e. The first-order chi connectivity index (χ1) is 6.88. The average molecular weight is 197 g/mol. The maximum absolute atomic E-state index is 6.13. The largest absolute Gasteiger partial charge is 0.344 e. The van der Waals surface area contributed by atoms with Crippen LogP contribution in [0.1, 0.15) is 38.5 Å². The van der Waals surface area contributed by atoms with E-state index in [4.69, 9.17) is 9.47 Å². The lowest BCUT2D eigenvalue weighted by Gasteiger charge is -2.32. The predicted octanol–water partition coefficient (Wildman–Crippen LogP) is 1.42. The number of nitrogens with one attached hydrogen (secondary N) is 1. The summed E-state index contributed by atoms with van der Waals surface area (Å²) in [6.07, 6.45) is 7.92. The highest BCUT2D eigenvalue weighted by atomic mass is 16.8. The number of ether oxygens (including phenoxy) is 2. The minimum absolute atomic E-state index is 0.203. The Balaban J connectivity index is 1.71. The highest BCUT2D eigenvalue weighted by molar-refractivity contribution is 4.90. The molecule has 3 nitrogen and oxygen atoms in total. The molecule has 1 N–H and O–H groups in total. The Morgan fingerprint density at radius 2 is 1.50 bits per heavy atom. The molecule has 3 aliphatic rings. The summed E-state index contributed by atoms with van der Waals surface area (Å²) in [6, 6.07) is 0. The van der Waals surface area contributed by atoms with Crippen molar-refractivity contribution in [2.45, 2.75) is 56.5 Å². The van der Waals surface area contributed by atoms with Crippen LogP contribution in [-0.2, 0) is 9.47 Å². The second kappa shape index (κ2) is 3.47. The molecule has 0 amide bonds. The van der Waals surface area contributed by atoms with Gasteiger partial charge in [0.25, 0.3) is 0 Å². The molecule has 3 heteroatoms. The van der Waals surface area contributed by atoms with Crippen molar-refractivity contribution in [1.29, 1.82) is 0 Å². The molecule has 0 bridgehead atoms. The van der Waals surface area contributed by atoms with Crippen LogP contribution in [-0.4, -0.2) is 31.1 Å². The summed E-state index contributed by atoms with van der Waals surface area (Å²) in [6.45, 7) is 2.08. The van der Waals surface area contributed by atoms with Crippen LogP contribution in [0.15, 0.2) is 0 Å². The standard InChI is InChI=1S/C11H19NO2/c1-2-4-10-9(3-1)13-11(14-10)5-7-12-8-6-11/h9-10,12H,1-8H2. The zero-order chi connectivity index (χ0) is 9.43. The SMILES string of the molecule is C1CCC2OC3(CCNCC3)OC2C1. The average Bonchev–Trinajstić information content (AvgIpc) is 2.56. The lowest BCUT2D eigenvalue weighted by molar-refractivity contribution is -0.189. The minimum atomic E-state index is -0.203. The Bertz CT molecular complexity index is 197. The monoisotopic (exact) mass is 197 g/mol. The van der Waals surface area contributed by atoms with Crippen LogP contribution in [0.3, 0.4) is 0 Å². The fraction of sp³-hybridized carbons (Fsp3) is 1.00. The third-order valence-electron chi connectivity index (χ3n) is 3.74. The van der Waals surface area contributed by atoms with Crippen LogP contribution in [0.5, 0.6) is 0 Å². The first-order valence-electron chi connectivity index (χ1n) is 5.94. The van der Waals surface area contributed by atoms with Gasteiger partial charge in [-0.3, -0.25) is 0 Å². The van der Waals surface area contributed by atoms with Gasteiger partial charge in [-0.25, -0.2) is 0 Å². The highest BCUT2D eigenvalue weighted by Gasteiger charge is 2.48. The van der Waals surface area contributed by atoms with E-state index in [0.717, 1.165) is 25.9 Å². The molecular weight excluding hydrogens is 178 g/mol. The Labute approximate surface area is 85.1 Å². The van der Waals surface area contributed by atoms with Crippen molar-refractivity contribution in [3.8, 4) is 0 Å². The molecule has 2 unspecified atom stereocenters. The van der Waals surface area contributed by atoms with Crippen LogP contribution in [0, 0.1) is 0 Å². The van der Waals surface area contributed by atoms with Gasteiger partial charge in [-0.05, 0) is 12.8 Å². The first-order valence-corrected chi connectivity index (χ1v) is 5.94. The molecule has 0 aromatic rings. The van der Waals surface area contributed by atoms with E-state index in [1.807, 2.05) is 0 Å². The number of piperidine rings is 1. The Hall–Kier alpha value is -0.120. The molecule has 3 rings (SSSR count). The predicted molar refractivity (Wildman–Crippen MR) is 53.0 cm³/mol. The van der Waals surface area contributed by atoms with Crippen molar-refractivity contribution in [1.82, 2.24) is 5.32 Å². The van der Waals surface area contributed by atoms with E-state index in [9.17, 15) is 0 Å². The van der Waals surface area contributed by atoms with Gasteiger partial charge in [0.1, 0.15) is 0 Å². The quantitative estimate of drug-likeness (QED) is 0.637. The molecule has 0 radical (unpaired) electrons. The zero-order valence-corrected chi connectivity index (χ0v) is 8.63. The lowest BCUT2D eigenvalue weighted by Crippen LogP contribution is -2.43. The summed E-state index contributed by atoms with van der Waals surface area (Å²) in [5.41, 5.74) is 0. The fourth-order valence-corrected chi connectivity index (χ4v) is 2.96.